The van der Waals surface area contributed by atoms with Gasteiger partial charge in [0.1, 0.15) is 18.1 Å². The van der Waals surface area contributed by atoms with Gasteiger partial charge in [0.05, 0.1) is 6.04 Å². The number of amides is 4. The molecule has 0 saturated carbocycles. The van der Waals surface area contributed by atoms with E-state index in [4.69, 9.17) is 16.6 Å². The van der Waals surface area contributed by atoms with Crippen molar-refractivity contribution in [2.45, 2.75) is 63.7 Å². The number of likely N-dealkylation sites (tertiary alicyclic amines) is 1. The summed E-state index contributed by atoms with van der Waals surface area (Å²) in [5.41, 5.74) is 10.7. The Morgan fingerprint density at radius 1 is 1.19 bits per heavy atom. The minimum Gasteiger partial charge on any atom is -0.480 e. The zero-order chi connectivity index (χ0) is 20.7. The third-order valence-electron chi connectivity index (χ3n) is 4.27. The van der Waals surface area contributed by atoms with E-state index in [1.165, 1.54) is 18.7 Å². The third kappa shape index (κ3) is 6.51. The molecule has 27 heavy (non-hydrogen) atoms. The Labute approximate surface area is 156 Å². The van der Waals surface area contributed by atoms with E-state index in [0.717, 1.165) is 0 Å². The lowest BCUT2D eigenvalue weighted by molar-refractivity contribution is -0.142. The first kappa shape index (κ1) is 22.4. The second kappa shape index (κ2) is 9.86. The predicted octanol–water partition coefficient (Wildman–Crippen LogP) is -2.34. The first-order valence-corrected chi connectivity index (χ1v) is 8.72. The van der Waals surface area contributed by atoms with Crippen molar-refractivity contribution in [2.24, 2.45) is 11.5 Å². The second-order valence-electron chi connectivity index (χ2n) is 6.61. The summed E-state index contributed by atoms with van der Waals surface area (Å²) in [6.07, 6.45) is 0.769. The molecule has 1 aliphatic heterocycles. The standard InChI is InChI=1S/C16H27N5O6/c1-8(17)15(25)21-7-3-4-11(21)14(24)20-10(5-6-12(18)22)13(23)19-9(2)16(26)27/h8-11H,3-7,17H2,1-2H3,(H2,18,22)(H,19,23)(H,20,24)(H,26,27). The normalized spacial score (nSPS) is 19.7. The highest BCUT2D eigenvalue weighted by Crippen LogP contribution is 2.18. The van der Waals surface area contributed by atoms with E-state index in [0.29, 0.717) is 19.4 Å². The number of carboxylic acids is 1. The average molecular weight is 385 g/mol. The maximum Gasteiger partial charge on any atom is 0.325 e. The van der Waals surface area contributed by atoms with Crippen molar-refractivity contribution in [3.05, 3.63) is 0 Å². The highest BCUT2D eigenvalue weighted by molar-refractivity contribution is 5.94. The number of rotatable bonds is 9. The van der Waals surface area contributed by atoms with Gasteiger partial charge in [-0.2, -0.15) is 0 Å². The van der Waals surface area contributed by atoms with E-state index in [2.05, 4.69) is 10.6 Å². The van der Waals surface area contributed by atoms with Gasteiger partial charge in [-0.25, -0.2) is 0 Å². The number of nitrogens with one attached hydrogen (secondary N) is 2. The van der Waals surface area contributed by atoms with Gasteiger partial charge in [0, 0.05) is 13.0 Å². The monoisotopic (exact) mass is 385 g/mol. The lowest BCUT2D eigenvalue weighted by Crippen LogP contribution is -2.56. The van der Waals surface area contributed by atoms with Crippen LogP contribution in [0.5, 0.6) is 0 Å². The van der Waals surface area contributed by atoms with Crippen LogP contribution < -0.4 is 22.1 Å². The first-order valence-electron chi connectivity index (χ1n) is 8.72. The first-order chi connectivity index (χ1) is 12.5. The molecule has 7 N–H and O–H groups in total. The maximum absolute atomic E-state index is 12.6. The van der Waals surface area contributed by atoms with Crippen LogP contribution in [0.15, 0.2) is 0 Å². The van der Waals surface area contributed by atoms with Gasteiger partial charge in [0.15, 0.2) is 0 Å². The minimum absolute atomic E-state index is 0.0901. The Bertz CT molecular complexity index is 608. The van der Waals surface area contributed by atoms with Crippen molar-refractivity contribution >= 4 is 29.6 Å². The van der Waals surface area contributed by atoms with Crippen LogP contribution >= 0.6 is 0 Å². The van der Waals surface area contributed by atoms with Gasteiger partial charge in [-0.05, 0) is 33.1 Å². The SMILES string of the molecule is CC(N)C(=O)N1CCCC1C(=O)NC(CCC(N)=O)C(=O)NC(C)C(=O)O. The third-order valence-corrected chi connectivity index (χ3v) is 4.27. The molecule has 0 aliphatic carbocycles. The van der Waals surface area contributed by atoms with Crippen LogP contribution in [0.25, 0.3) is 0 Å². The Morgan fingerprint density at radius 2 is 1.81 bits per heavy atom. The van der Waals surface area contributed by atoms with E-state index in [9.17, 15) is 24.0 Å². The van der Waals surface area contributed by atoms with Gasteiger partial charge < -0.3 is 32.1 Å². The zero-order valence-corrected chi connectivity index (χ0v) is 15.4. The number of aliphatic carboxylic acids is 1. The van der Waals surface area contributed by atoms with Crippen LogP contribution in [0.2, 0.25) is 0 Å². The number of primary amides is 1. The molecule has 152 valence electrons. The number of carboxylic acid groups (broad SMARTS) is 1. The molecule has 4 atom stereocenters. The lowest BCUT2D eigenvalue weighted by atomic mass is 10.1. The molecular formula is C16H27N5O6. The molecule has 1 rings (SSSR count). The molecule has 0 aromatic rings. The number of carbonyl (C=O) groups excluding carboxylic acids is 4. The van der Waals surface area contributed by atoms with Crippen LogP contribution in [0.4, 0.5) is 0 Å². The van der Waals surface area contributed by atoms with Crippen molar-refractivity contribution in [3.63, 3.8) is 0 Å². The van der Waals surface area contributed by atoms with Crippen LogP contribution in [-0.4, -0.2) is 70.3 Å². The molecule has 0 bridgehead atoms. The van der Waals surface area contributed by atoms with Crippen molar-refractivity contribution in [1.82, 2.24) is 15.5 Å². The Morgan fingerprint density at radius 3 is 2.33 bits per heavy atom. The molecule has 0 aromatic carbocycles. The van der Waals surface area contributed by atoms with Gasteiger partial charge >= 0.3 is 5.97 Å². The fourth-order valence-corrected chi connectivity index (χ4v) is 2.76. The Balaban J connectivity index is 2.85. The summed E-state index contributed by atoms with van der Waals surface area (Å²) < 4.78 is 0. The Kier molecular flexibility index (Phi) is 8.16. The summed E-state index contributed by atoms with van der Waals surface area (Å²) >= 11 is 0. The molecule has 0 radical (unpaired) electrons. The molecule has 0 spiro atoms. The van der Waals surface area contributed by atoms with Crippen molar-refractivity contribution in [2.75, 3.05) is 6.54 Å². The summed E-state index contributed by atoms with van der Waals surface area (Å²) in [5, 5.41) is 13.6. The molecule has 4 amide bonds. The van der Waals surface area contributed by atoms with Gasteiger partial charge in [-0.3, -0.25) is 24.0 Å². The quantitative estimate of drug-likeness (QED) is 0.294. The summed E-state index contributed by atoms with van der Waals surface area (Å²) in [6.45, 7) is 3.17. The molecule has 1 fully saturated rings. The largest absolute Gasteiger partial charge is 0.480 e. The summed E-state index contributed by atoms with van der Waals surface area (Å²) in [7, 11) is 0. The lowest BCUT2D eigenvalue weighted by Gasteiger charge is -2.27. The van der Waals surface area contributed by atoms with Gasteiger partial charge in [0.2, 0.25) is 23.6 Å². The summed E-state index contributed by atoms with van der Waals surface area (Å²) in [4.78, 5) is 60.3. The van der Waals surface area contributed by atoms with E-state index >= 15 is 0 Å². The van der Waals surface area contributed by atoms with Crippen molar-refractivity contribution in [1.29, 1.82) is 0 Å². The van der Waals surface area contributed by atoms with Crippen molar-refractivity contribution in [3.8, 4) is 0 Å². The highest BCUT2D eigenvalue weighted by Gasteiger charge is 2.36. The van der Waals surface area contributed by atoms with E-state index in [1.807, 2.05) is 0 Å². The number of carbonyl (C=O) groups is 5. The predicted molar refractivity (Wildman–Crippen MR) is 94.0 cm³/mol. The molecule has 1 heterocycles. The molecule has 0 aromatic heterocycles. The van der Waals surface area contributed by atoms with Gasteiger partial charge in [-0.15, -0.1) is 0 Å². The van der Waals surface area contributed by atoms with E-state index in [-0.39, 0.29) is 18.7 Å². The molecule has 4 unspecified atom stereocenters. The number of nitrogens with zero attached hydrogens (tertiary/aromatic N) is 1. The maximum atomic E-state index is 12.6. The minimum atomic E-state index is -1.24. The number of hydrogen-bond acceptors (Lipinski definition) is 6. The fourth-order valence-electron chi connectivity index (χ4n) is 2.76. The average Bonchev–Trinajstić information content (AvgIpc) is 3.06. The van der Waals surface area contributed by atoms with Gasteiger partial charge in [-0.1, -0.05) is 0 Å². The molecule has 1 saturated heterocycles. The summed E-state index contributed by atoms with van der Waals surface area (Å²) in [5.74, 6) is -3.59. The fraction of sp³-hybridized carbons (Fsp3) is 0.688. The van der Waals surface area contributed by atoms with Crippen LogP contribution in [0, 0.1) is 0 Å². The highest BCUT2D eigenvalue weighted by atomic mass is 16.4. The topological polar surface area (TPSA) is 185 Å². The zero-order valence-electron chi connectivity index (χ0n) is 15.4. The second-order valence-corrected chi connectivity index (χ2v) is 6.61. The molecular weight excluding hydrogens is 358 g/mol. The molecule has 11 heteroatoms. The van der Waals surface area contributed by atoms with E-state index in [1.54, 1.807) is 0 Å². The van der Waals surface area contributed by atoms with Crippen LogP contribution in [0.1, 0.15) is 39.5 Å². The Hall–Kier alpha value is -2.69. The van der Waals surface area contributed by atoms with Crippen LogP contribution in [-0.2, 0) is 24.0 Å². The van der Waals surface area contributed by atoms with E-state index < -0.39 is 47.9 Å². The molecule has 1 aliphatic rings. The number of hydrogen-bond donors (Lipinski definition) is 5. The summed E-state index contributed by atoms with van der Waals surface area (Å²) in [6, 6.07) is -3.86. The molecule has 11 nitrogen and oxygen atoms in total. The smallest absolute Gasteiger partial charge is 0.325 e. The van der Waals surface area contributed by atoms with Gasteiger partial charge in [0.25, 0.3) is 0 Å². The number of nitrogens with two attached hydrogens (primary N) is 2. The van der Waals surface area contributed by atoms with Crippen LogP contribution in [0.3, 0.4) is 0 Å². The van der Waals surface area contributed by atoms with Crippen molar-refractivity contribution < 1.29 is 29.1 Å².